The summed E-state index contributed by atoms with van der Waals surface area (Å²) < 4.78 is 16.6. The number of ether oxygens (including phenoxy) is 3. The van der Waals surface area contributed by atoms with E-state index in [1.165, 1.54) is 0 Å². The number of methoxy groups -OCH3 is 1. The van der Waals surface area contributed by atoms with E-state index in [-0.39, 0.29) is 5.78 Å². The fourth-order valence-corrected chi connectivity index (χ4v) is 3.32. The predicted molar refractivity (Wildman–Crippen MR) is 108 cm³/mol. The van der Waals surface area contributed by atoms with Crippen LogP contribution in [0, 0.1) is 0 Å². The minimum absolute atomic E-state index is 0.0963. The molecule has 1 aliphatic rings. The topological polar surface area (TPSA) is 48.0 Å². The molecule has 1 heterocycles. The Balaban J connectivity index is 1.80. The van der Waals surface area contributed by atoms with Crippen LogP contribution in [0.25, 0.3) is 6.08 Å². The number of carbonyl (C=O) groups is 1. The van der Waals surface area contributed by atoms with Gasteiger partial charge in [-0.2, -0.15) is 0 Å². The standard InChI is InChI=1S/C21H23NO4S/c1-22(2)10-11-25-19-13-20-21(27-14-26-20)12-17(19)18(23)9-6-15-4-7-16(24-3)8-5-15/h4-9,12-13H,10-11,14H2,1-3H3/b9-6+. The summed E-state index contributed by atoms with van der Waals surface area (Å²) in [5, 5.41) is 0. The van der Waals surface area contributed by atoms with Crippen molar-refractivity contribution in [1.29, 1.82) is 0 Å². The van der Waals surface area contributed by atoms with Gasteiger partial charge in [0.2, 0.25) is 0 Å². The molecule has 0 aliphatic carbocycles. The average molecular weight is 385 g/mol. The quantitative estimate of drug-likeness (QED) is 0.506. The number of rotatable bonds is 8. The number of hydrogen-bond donors (Lipinski definition) is 0. The summed E-state index contributed by atoms with van der Waals surface area (Å²) in [7, 11) is 5.59. The number of hydrogen-bond acceptors (Lipinski definition) is 6. The van der Waals surface area contributed by atoms with E-state index >= 15 is 0 Å². The molecule has 6 heteroatoms. The molecule has 0 N–H and O–H groups in total. The predicted octanol–water partition coefficient (Wildman–Crippen LogP) is 3.97. The largest absolute Gasteiger partial charge is 0.497 e. The Hall–Kier alpha value is -2.44. The molecule has 0 fully saturated rings. The van der Waals surface area contributed by atoms with E-state index in [2.05, 4.69) is 0 Å². The van der Waals surface area contributed by atoms with E-state index in [4.69, 9.17) is 14.2 Å². The summed E-state index contributed by atoms with van der Waals surface area (Å²) in [5.74, 6) is 2.58. The molecular weight excluding hydrogens is 362 g/mol. The molecule has 0 spiro atoms. The third kappa shape index (κ3) is 5.05. The first kappa shape index (κ1) is 19.3. The number of thioether (sulfide) groups is 1. The van der Waals surface area contributed by atoms with Crippen LogP contribution in [-0.4, -0.2) is 51.0 Å². The Labute approximate surface area is 163 Å². The van der Waals surface area contributed by atoms with Crippen LogP contribution in [0.4, 0.5) is 0 Å². The lowest BCUT2D eigenvalue weighted by atomic mass is 10.1. The highest BCUT2D eigenvalue weighted by molar-refractivity contribution is 7.99. The Morgan fingerprint density at radius 2 is 2.04 bits per heavy atom. The Bertz CT molecular complexity index is 831. The Kier molecular flexibility index (Phi) is 6.42. The zero-order valence-electron chi connectivity index (χ0n) is 15.7. The summed E-state index contributed by atoms with van der Waals surface area (Å²) in [4.78, 5) is 15.8. The third-order valence-electron chi connectivity index (χ3n) is 4.08. The van der Waals surface area contributed by atoms with E-state index in [0.717, 1.165) is 28.5 Å². The fraction of sp³-hybridized carbons (Fsp3) is 0.286. The summed E-state index contributed by atoms with van der Waals surface area (Å²) in [6.07, 6.45) is 3.37. The molecule has 0 aromatic heterocycles. The van der Waals surface area contributed by atoms with Gasteiger partial charge in [0, 0.05) is 12.6 Å². The van der Waals surface area contributed by atoms with Crippen LogP contribution >= 0.6 is 11.8 Å². The Morgan fingerprint density at radius 1 is 1.26 bits per heavy atom. The molecular formula is C21H23NO4S. The van der Waals surface area contributed by atoms with E-state index in [9.17, 15) is 4.79 Å². The van der Waals surface area contributed by atoms with Crippen molar-refractivity contribution in [2.45, 2.75) is 4.90 Å². The van der Waals surface area contributed by atoms with Gasteiger partial charge in [-0.3, -0.25) is 4.79 Å². The van der Waals surface area contributed by atoms with Gasteiger partial charge < -0.3 is 19.1 Å². The van der Waals surface area contributed by atoms with Crippen molar-refractivity contribution in [3.8, 4) is 17.2 Å². The van der Waals surface area contributed by atoms with Gasteiger partial charge in [-0.25, -0.2) is 0 Å². The molecule has 3 rings (SSSR count). The number of likely N-dealkylation sites (N-methyl/N-ethyl adjacent to an activating group) is 1. The second-order valence-electron chi connectivity index (χ2n) is 6.32. The lowest BCUT2D eigenvalue weighted by molar-refractivity contribution is 0.104. The van der Waals surface area contributed by atoms with Crippen LogP contribution < -0.4 is 14.2 Å². The van der Waals surface area contributed by atoms with Gasteiger partial charge in [0.05, 0.1) is 17.6 Å². The van der Waals surface area contributed by atoms with E-state index in [1.54, 1.807) is 31.0 Å². The molecule has 27 heavy (non-hydrogen) atoms. The molecule has 2 aromatic rings. The van der Waals surface area contributed by atoms with Crippen LogP contribution in [0.2, 0.25) is 0 Å². The number of ketones is 1. The smallest absolute Gasteiger partial charge is 0.189 e. The summed E-state index contributed by atoms with van der Waals surface area (Å²) >= 11 is 1.58. The van der Waals surface area contributed by atoms with E-state index in [1.807, 2.05) is 55.4 Å². The lowest BCUT2D eigenvalue weighted by Crippen LogP contribution is -2.20. The van der Waals surface area contributed by atoms with Crippen LogP contribution in [0.1, 0.15) is 15.9 Å². The first-order chi connectivity index (χ1) is 13.1. The van der Waals surface area contributed by atoms with Gasteiger partial charge in [0.1, 0.15) is 29.8 Å². The zero-order valence-corrected chi connectivity index (χ0v) is 16.5. The first-order valence-electron chi connectivity index (χ1n) is 8.64. The first-order valence-corrected chi connectivity index (χ1v) is 9.63. The SMILES string of the molecule is COc1ccc(/C=C/C(=O)c2cc3c(cc2OCCN(C)C)OCS3)cc1. The maximum atomic E-state index is 12.8. The second kappa shape index (κ2) is 8.97. The van der Waals surface area contributed by atoms with Crippen molar-refractivity contribution in [1.82, 2.24) is 4.90 Å². The molecule has 0 bridgehead atoms. The molecule has 0 amide bonds. The summed E-state index contributed by atoms with van der Waals surface area (Å²) in [6.45, 7) is 1.27. The molecule has 0 radical (unpaired) electrons. The summed E-state index contributed by atoms with van der Waals surface area (Å²) in [5.41, 5.74) is 1.48. The van der Waals surface area contributed by atoms with Crippen molar-refractivity contribution >= 4 is 23.6 Å². The van der Waals surface area contributed by atoms with Gasteiger partial charge in [-0.05, 0) is 43.9 Å². The Morgan fingerprint density at radius 3 is 2.74 bits per heavy atom. The lowest BCUT2D eigenvalue weighted by Gasteiger charge is -2.14. The molecule has 2 aromatic carbocycles. The summed E-state index contributed by atoms with van der Waals surface area (Å²) in [6, 6.07) is 11.2. The number of benzene rings is 2. The average Bonchev–Trinajstić information content (AvgIpc) is 3.13. The van der Waals surface area contributed by atoms with Gasteiger partial charge in [-0.1, -0.05) is 30.0 Å². The molecule has 0 unspecified atom stereocenters. The number of nitrogens with zero attached hydrogens (tertiary/aromatic N) is 1. The molecule has 1 aliphatic heterocycles. The molecule has 0 atom stereocenters. The third-order valence-corrected chi connectivity index (χ3v) is 4.95. The molecule has 0 saturated carbocycles. The second-order valence-corrected chi connectivity index (χ2v) is 7.29. The van der Waals surface area contributed by atoms with Crippen LogP contribution in [0.15, 0.2) is 47.4 Å². The van der Waals surface area contributed by atoms with E-state index < -0.39 is 0 Å². The number of carbonyl (C=O) groups excluding carboxylic acids is 1. The monoisotopic (exact) mass is 385 g/mol. The van der Waals surface area contributed by atoms with Crippen molar-refractivity contribution in [3.63, 3.8) is 0 Å². The molecule has 0 saturated heterocycles. The number of fused-ring (bicyclic) bond motifs is 1. The highest BCUT2D eigenvalue weighted by Crippen LogP contribution is 2.40. The minimum Gasteiger partial charge on any atom is -0.497 e. The van der Waals surface area contributed by atoms with Crippen molar-refractivity contribution in [2.75, 3.05) is 40.3 Å². The highest BCUT2D eigenvalue weighted by Gasteiger charge is 2.20. The van der Waals surface area contributed by atoms with Gasteiger partial charge in [0.25, 0.3) is 0 Å². The maximum absolute atomic E-state index is 12.8. The van der Waals surface area contributed by atoms with Gasteiger partial charge in [0.15, 0.2) is 5.78 Å². The molecule has 142 valence electrons. The zero-order chi connectivity index (χ0) is 19.2. The van der Waals surface area contributed by atoms with Crippen LogP contribution in [0.5, 0.6) is 17.2 Å². The van der Waals surface area contributed by atoms with Crippen molar-refractivity contribution in [2.24, 2.45) is 0 Å². The molecule has 5 nitrogen and oxygen atoms in total. The highest BCUT2D eigenvalue weighted by atomic mass is 32.2. The van der Waals surface area contributed by atoms with E-state index in [0.29, 0.717) is 23.9 Å². The minimum atomic E-state index is -0.0963. The van der Waals surface area contributed by atoms with Crippen molar-refractivity contribution in [3.05, 3.63) is 53.6 Å². The van der Waals surface area contributed by atoms with Gasteiger partial charge in [-0.15, -0.1) is 0 Å². The normalized spacial score (nSPS) is 12.9. The van der Waals surface area contributed by atoms with Crippen LogP contribution in [0.3, 0.4) is 0 Å². The fourth-order valence-electron chi connectivity index (χ4n) is 2.55. The van der Waals surface area contributed by atoms with Gasteiger partial charge >= 0.3 is 0 Å². The van der Waals surface area contributed by atoms with Crippen molar-refractivity contribution < 1.29 is 19.0 Å². The van der Waals surface area contributed by atoms with Crippen LogP contribution in [-0.2, 0) is 0 Å². The number of allylic oxidation sites excluding steroid dienone is 1. The maximum Gasteiger partial charge on any atom is 0.189 e.